The first-order chi connectivity index (χ1) is 12.5. The van der Waals surface area contributed by atoms with Crippen LogP contribution in [0, 0.1) is 0 Å². The van der Waals surface area contributed by atoms with Crippen LogP contribution in [0.4, 0.5) is 0 Å². The summed E-state index contributed by atoms with van der Waals surface area (Å²) in [4.78, 5) is 18.9. The van der Waals surface area contributed by atoms with E-state index in [0.29, 0.717) is 6.04 Å². The Morgan fingerprint density at radius 2 is 2.07 bits per heavy atom. The Morgan fingerprint density at radius 1 is 1.37 bits per heavy atom. The van der Waals surface area contributed by atoms with Gasteiger partial charge in [-0.3, -0.25) is 9.36 Å². The molecular weight excluding hydrogens is 354 g/mol. The first kappa shape index (κ1) is 20.2. The third kappa shape index (κ3) is 3.88. The van der Waals surface area contributed by atoms with Crippen molar-refractivity contribution < 1.29 is 9.22 Å². The second kappa shape index (κ2) is 7.15. The number of nitrogens with zero attached hydrogens (tertiary/aromatic N) is 3. The molecule has 0 bridgehead atoms. The molecule has 148 valence electrons. The Bertz CT molecular complexity index is 838. The number of likely N-dealkylation sites (tertiary alicyclic amines) is 1. The van der Waals surface area contributed by atoms with Crippen LogP contribution in [0.25, 0.3) is 11.0 Å². The zero-order valence-corrected chi connectivity index (χ0v) is 18.7. The highest BCUT2D eigenvalue weighted by Crippen LogP contribution is 2.39. The van der Waals surface area contributed by atoms with Gasteiger partial charge in [0.05, 0.1) is 6.10 Å². The van der Waals surface area contributed by atoms with Gasteiger partial charge < -0.3 is 9.33 Å². The summed E-state index contributed by atoms with van der Waals surface area (Å²) in [6.07, 6.45) is 5.89. The molecule has 1 fully saturated rings. The number of carbonyl (C=O) groups is 1. The highest BCUT2D eigenvalue weighted by molar-refractivity contribution is 6.74. The number of carbonyl (C=O) groups excluding carboxylic acids is 1. The predicted octanol–water partition coefficient (Wildman–Crippen LogP) is 4.33. The molecule has 0 N–H and O–H groups in total. The van der Waals surface area contributed by atoms with E-state index in [1.807, 2.05) is 12.3 Å². The lowest BCUT2D eigenvalue weighted by Gasteiger charge is -2.40. The van der Waals surface area contributed by atoms with Gasteiger partial charge in [0.1, 0.15) is 5.65 Å². The number of pyridine rings is 1. The lowest BCUT2D eigenvalue weighted by Crippen LogP contribution is -2.47. The van der Waals surface area contributed by atoms with Crippen LogP contribution >= 0.6 is 0 Å². The van der Waals surface area contributed by atoms with Crippen LogP contribution in [-0.2, 0) is 10.8 Å². The summed E-state index contributed by atoms with van der Waals surface area (Å²) in [5.74, 6) is -0.00111. The molecule has 3 heterocycles. The van der Waals surface area contributed by atoms with Crippen molar-refractivity contribution in [1.29, 1.82) is 0 Å². The predicted molar refractivity (Wildman–Crippen MR) is 113 cm³/mol. The van der Waals surface area contributed by atoms with Gasteiger partial charge in [0, 0.05) is 37.3 Å². The topological polar surface area (TPSA) is 47.4 Å². The van der Waals surface area contributed by atoms with Crippen LogP contribution in [-0.4, -0.2) is 54.4 Å². The van der Waals surface area contributed by atoms with Gasteiger partial charge >= 0.3 is 0 Å². The Kier molecular flexibility index (Phi) is 5.36. The number of hydrogen-bond acceptors (Lipinski definition) is 4. The van der Waals surface area contributed by atoms with Crippen molar-refractivity contribution >= 4 is 25.3 Å². The summed E-state index contributed by atoms with van der Waals surface area (Å²) in [7, 11) is 0.359. The lowest BCUT2D eigenvalue weighted by molar-refractivity contribution is 0.0941. The van der Waals surface area contributed by atoms with Crippen LogP contribution < -0.4 is 0 Å². The number of likely N-dealkylation sites (N-methyl/N-ethyl adjacent to an activating group) is 1. The van der Waals surface area contributed by atoms with Gasteiger partial charge in [-0.15, -0.1) is 0 Å². The summed E-state index contributed by atoms with van der Waals surface area (Å²) in [5.41, 5.74) is 1.93. The van der Waals surface area contributed by atoms with Crippen molar-refractivity contribution in [3.05, 3.63) is 30.1 Å². The summed E-state index contributed by atoms with van der Waals surface area (Å²) in [6, 6.07) is 4.33. The molecule has 2 aromatic heterocycles. The molecule has 0 saturated carbocycles. The molecule has 2 aromatic rings. The maximum atomic E-state index is 12.0. The monoisotopic (exact) mass is 387 g/mol. The lowest BCUT2D eigenvalue weighted by atomic mass is 10.0. The van der Waals surface area contributed by atoms with Gasteiger partial charge in [-0.2, -0.15) is 0 Å². The Balaban J connectivity index is 1.89. The molecule has 27 heavy (non-hydrogen) atoms. The first-order valence-electron chi connectivity index (χ1n) is 9.85. The van der Waals surface area contributed by atoms with Crippen molar-refractivity contribution in [2.75, 3.05) is 13.6 Å². The summed E-state index contributed by atoms with van der Waals surface area (Å²) < 4.78 is 8.46. The average molecular weight is 388 g/mol. The molecule has 0 unspecified atom stereocenters. The highest BCUT2D eigenvalue weighted by Gasteiger charge is 2.43. The summed E-state index contributed by atoms with van der Waals surface area (Å²) in [6.45, 7) is 14.2. The van der Waals surface area contributed by atoms with Crippen LogP contribution in [0.5, 0.6) is 0 Å². The third-order valence-corrected chi connectivity index (χ3v) is 10.9. The van der Waals surface area contributed by atoms with Gasteiger partial charge in [-0.1, -0.05) is 20.8 Å². The molecule has 0 amide bonds. The minimum absolute atomic E-state index is 0.00111. The van der Waals surface area contributed by atoms with Crippen molar-refractivity contribution in [3.63, 3.8) is 0 Å². The molecule has 0 aromatic carbocycles. The quantitative estimate of drug-likeness (QED) is 0.733. The van der Waals surface area contributed by atoms with Gasteiger partial charge in [-0.05, 0) is 55.7 Å². The first-order valence-corrected chi connectivity index (χ1v) is 12.8. The van der Waals surface area contributed by atoms with Crippen molar-refractivity contribution in [1.82, 2.24) is 14.5 Å². The van der Waals surface area contributed by atoms with E-state index >= 15 is 0 Å². The summed E-state index contributed by atoms with van der Waals surface area (Å²) in [5, 5.41) is 1.27. The number of hydrogen-bond donors (Lipinski definition) is 0. The molecule has 2 atom stereocenters. The van der Waals surface area contributed by atoms with Gasteiger partial charge in [0.15, 0.2) is 8.32 Å². The van der Waals surface area contributed by atoms with Gasteiger partial charge in [0.2, 0.25) is 5.91 Å². The highest BCUT2D eigenvalue weighted by atomic mass is 28.4. The van der Waals surface area contributed by atoms with Crippen molar-refractivity contribution in [3.8, 4) is 0 Å². The zero-order valence-electron chi connectivity index (χ0n) is 17.7. The van der Waals surface area contributed by atoms with Crippen molar-refractivity contribution in [2.45, 2.75) is 70.8 Å². The van der Waals surface area contributed by atoms with Crippen LogP contribution in [0.15, 0.2) is 24.5 Å². The molecule has 3 rings (SSSR count). The fourth-order valence-electron chi connectivity index (χ4n) is 3.71. The second-order valence-corrected chi connectivity index (χ2v) is 14.1. The molecule has 1 saturated heterocycles. The van der Waals surface area contributed by atoms with E-state index in [0.717, 1.165) is 30.4 Å². The number of rotatable bonds is 4. The van der Waals surface area contributed by atoms with E-state index in [4.69, 9.17) is 4.43 Å². The van der Waals surface area contributed by atoms with Crippen LogP contribution in [0.2, 0.25) is 18.1 Å². The van der Waals surface area contributed by atoms with E-state index in [1.165, 1.54) is 5.56 Å². The Morgan fingerprint density at radius 3 is 2.70 bits per heavy atom. The number of fused-ring (bicyclic) bond motifs is 1. The largest absolute Gasteiger partial charge is 0.412 e. The van der Waals surface area contributed by atoms with Crippen molar-refractivity contribution in [2.24, 2.45) is 0 Å². The van der Waals surface area contributed by atoms with E-state index in [1.54, 1.807) is 17.7 Å². The maximum Gasteiger partial charge on any atom is 0.229 e. The molecule has 5 nitrogen and oxygen atoms in total. The SMILES string of the molecule is CC(=O)n1cc(C[C@@H]2[C@@H](O[Si](C)(C)C(C)(C)C)CCN2C)c2cccnc21. The van der Waals surface area contributed by atoms with Gasteiger partial charge in [-0.25, -0.2) is 4.98 Å². The fourth-order valence-corrected chi connectivity index (χ4v) is 5.09. The van der Waals surface area contributed by atoms with E-state index < -0.39 is 8.32 Å². The van der Waals surface area contributed by atoms with Gasteiger partial charge in [0.25, 0.3) is 0 Å². The normalized spacial score (nSPS) is 21.9. The molecule has 1 aliphatic heterocycles. The maximum absolute atomic E-state index is 12.0. The molecule has 6 heteroatoms. The van der Waals surface area contributed by atoms with Crippen LogP contribution in [0.1, 0.15) is 44.5 Å². The molecule has 0 spiro atoms. The zero-order chi connectivity index (χ0) is 20.0. The second-order valence-electron chi connectivity index (χ2n) is 9.38. The third-order valence-electron chi connectivity index (χ3n) is 6.43. The molecule has 1 aliphatic rings. The smallest absolute Gasteiger partial charge is 0.229 e. The standard InChI is InChI=1S/C21H33N3O2Si/c1-15(25)24-14-16(17-9-8-11-22-20(17)24)13-18-19(10-12-23(18)5)26-27(6,7)21(2,3)4/h8-9,11,14,18-19H,10,12-13H2,1-7H3/t18-,19+/m1/s1. The molecule has 0 aliphatic carbocycles. The molecule has 0 radical (unpaired) electrons. The fraction of sp³-hybridized carbons (Fsp3) is 0.619. The minimum atomic E-state index is -1.82. The Labute approximate surface area is 163 Å². The number of aromatic nitrogens is 2. The Hall–Kier alpha value is -1.50. The van der Waals surface area contributed by atoms with E-state index in [-0.39, 0.29) is 17.0 Å². The summed E-state index contributed by atoms with van der Waals surface area (Å²) >= 11 is 0. The molecular formula is C21H33N3O2Si. The minimum Gasteiger partial charge on any atom is -0.412 e. The van der Waals surface area contributed by atoms with E-state index in [9.17, 15) is 4.79 Å². The average Bonchev–Trinajstić information content (AvgIpc) is 3.09. The van der Waals surface area contributed by atoms with E-state index in [2.05, 4.69) is 56.9 Å². The van der Waals surface area contributed by atoms with Crippen LogP contribution in [0.3, 0.4) is 0 Å².